The third-order valence-electron chi connectivity index (χ3n) is 1.89. The van der Waals surface area contributed by atoms with Crippen LogP contribution < -0.4 is 0 Å². The van der Waals surface area contributed by atoms with Crippen molar-refractivity contribution in [3.8, 4) is 0 Å². The quantitative estimate of drug-likeness (QED) is 0.436. The fourth-order valence-electron chi connectivity index (χ4n) is 1.31. The summed E-state index contributed by atoms with van der Waals surface area (Å²) in [5.41, 5.74) is 1.32. The molecule has 0 radical (unpaired) electrons. The van der Waals surface area contributed by atoms with Gasteiger partial charge in [-0.15, -0.1) is 0 Å². The summed E-state index contributed by atoms with van der Waals surface area (Å²) in [6.07, 6.45) is 16.3. The summed E-state index contributed by atoms with van der Waals surface area (Å²) in [7, 11) is 0. The Labute approximate surface area is 88.7 Å². The van der Waals surface area contributed by atoms with E-state index in [1.807, 2.05) is 6.92 Å². The lowest BCUT2D eigenvalue weighted by molar-refractivity contribution is 1.03. The Balaban J connectivity index is 4.50. The normalized spacial score (nSPS) is 16.1. The van der Waals surface area contributed by atoms with Gasteiger partial charge in [0, 0.05) is 5.92 Å². The van der Waals surface area contributed by atoms with Crippen molar-refractivity contribution in [3.63, 3.8) is 0 Å². The predicted octanol–water partition coefficient (Wildman–Crippen LogP) is 4.67. The van der Waals surface area contributed by atoms with Crippen LogP contribution in [0.3, 0.4) is 0 Å². The fourth-order valence-corrected chi connectivity index (χ4v) is 1.31. The molecule has 0 heteroatoms. The molecule has 1 unspecified atom stereocenters. The van der Waals surface area contributed by atoms with Crippen molar-refractivity contribution < 1.29 is 0 Å². The van der Waals surface area contributed by atoms with Crippen LogP contribution in [0.25, 0.3) is 0 Å². The van der Waals surface area contributed by atoms with Gasteiger partial charge in [-0.1, -0.05) is 55.0 Å². The van der Waals surface area contributed by atoms with Gasteiger partial charge in [0.1, 0.15) is 0 Å². The largest absolute Gasteiger partial charge is 0.0908 e. The first-order chi connectivity index (χ1) is 6.74. The van der Waals surface area contributed by atoms with Gasteiger partial charge in [0.15, 0.2) is 0 Å². The third kappa shape index (κ3) is 6.47. The first-order valence-corrected chi connectivity index (χ1v) is 5.35. The zero-order valence-corrected chi connectivity index (χ0v) is 9.83. The summed E-state index contributed by atoms with van der Waals surface area (Å²) in [6.45, 7) is 8.40. The molecule has 0 N–H and O–H groups in total. The van der Waals surface area contributed by atoms with E-state index in [9.17, 15) is 0 Å². The molecular weight excluding hydrogens is 168 g/mol. The van der Waals surface area contributed by atoms with Crippen molar-refractivity contribution in [2.45, 2.75) is 34.1 Å². The maximum Gasteiger partial charge on any atom is 0.0133 e. The van der Waals surface area contributed by atoms with E-state index in [2.05, 4.69) is 63.3 Å². The monoisotopic (exact) mass is 190 g/mol. The lowest BCUT2D eigenvalue weighted by Crippen LogP contribution is -1.87. The molecule has 0 aromatic carbocycles. The van der Waals surface area contributed by atoms with Crippen LogP contribution in [0.5, 0.6) is 0 Å². The molecule has 1 atom stereocenters. The van der Waals surface area contributed by atoms with E-state index in [4.69, 9.17) is 0 Å². The van der Waals surface area contributed by atoms with Crippen LogP contribution >= 0.6 is 0 Å². The Morgan fingerprint density at radius 3 is 2.36 bits per heavy atom. The Kier molecular flexibility index (Phi) is 7.92. The summed E-state index contributed by atoms with van der Waals surface area (Å²) >= 11 is 0. The second-order valence-electron chi connectivity index (χ2n) is 3.35. The molecule has 0 saturated heterocycles. The molecule has 0 rings (SSSR count). The van der Waals surface area contributed by atoms with E-state index in [-0.39, 0.29) is 0 Å². The fraction of sp³-hybridized carbons (Fsp3) is 0.429. The van der Waals surface area contributed by atoms with Gasteiger partial charge in [-0.25, -0.2) is 0 Å². The van der Waals surface area contributed by atoms with E-state index < -0.39 is 0 Å². The molecule has 0 saturated carbocycles. The molecule has 0 aliphatic rings. The maximum absolute atomic E-state index is 2.27. The summed E-state index contributed by atoms with van der Waals surface area (Å²) in [5.74, 6) is 0.441. The topological polar surface area (TPSA) is 0 Å². The number of hydrogen-bond acceptors (Lipinski definition) is 0. The highest BCUT2D eigenvalue weighted by Crippen LogP contribution is 2.09. The van der Waals surface area contributed by atoms with Crippen molar-refractivity contribution >= 4 is 0 Å². The Bertz CT molecular complexity index is 239. The molecule has 0 heterocycles. The van der Waals surface area contributed by atoms with Gasteiger partial charge in [0.2, 0.25) is 0 Å². The first kappa shape index (κ1) is 13.0. The summed E-state index contributed by atoms with van der Waals surface area (Å²) in [6, 6.07) is 0. The third-order valence-corrected chi connectivity index (χ3v) is 1.89. The van der Waals surface area contributed by atoms with Crippen molar-refractivity contribution in [1.29, 1.82) is 0 Å². The van der Waals surface area contributed by atoms with Gasteiger partial charge in [0.25, 0.3) is 0 Å². The van der Waals surface area contributed by atoms with Crippen LogP contribution in [-0.4, -0.2) is 0 Å². The number of rotatable bonds is 5. The Morgan fingerprint density at radius 2 is 1.86 bits per heavy atom. The van der Waals surface area contributed by atoms with Crippen LogP contribution in [-0.2, 0) is 0 Å². The molecule has 0 spiro atoms. The zero-order valence-electron chi connectivity index (χ0n) is 9.83. The van der Waals surface area contributed by atoms with Crippen LogP contribution in [0.15, 0.2) is 48.1 Å². The maximum atomic E-state index is 2.27. The minimum absolute atomic E-state index is 0.441. The lowest BCUT2D eigenvalue weighted by atomic mass is 10.0. The first-order valence-electron chi connectivity index (χ1n) is 5.35. The second-order valence-corrected chi connectivity index (χ2v) is 3.35. The minimum Gasteiger partial charge on any atom is -0.0908 e. The van der Waals surface area contributed by atoms with Crippen LogP contribution in [0, 0.1) is 5.92 Å². The lowest BCUT2D eigenvalue weighted by Gasteiger charge is -2.01. The predicted molar refractivity (Wildman–Crippen MR) is 66.3 cm³/mol. The van der Waals surface area contributed by atoms with Gasteiger partial charge in [-0.05, 0) is 27.2 Å². The van der Waals surface area contributed by atoms with Crippen molar-refractivity contribution in [3.05, 3.63) is 48.1 Å². The van der Waals surface area contributed by atoms with E-state index in [1.165, 1.54) is 5.57 Å². The molecule has 0 aliphatic heterocycles. The average molecular weight is 190 g/mol. The minimum atomic E-state index is 0.441. The molecule has 0 nitrogen and oxygen atoms in total. The summed E-state index contributed by atoms with van der Waals surface area (Å²) in [5, 5.41) is 0. The molecule has 14 heavy (non-hydrogen) atoms. The second kappa shape index (κ2) is 8.55. The molecule has 0 aromatic rings. The van der Waals surface area contributed by atoms with Crippen molar-refractivity contribution in [1.82, 2.24) is 0 Å². The van der Waals surface area contributed by atoms with E-state index in [1.54, 1.807) is 0 Å². The van der Waals surface area contributed by atoms with E-state index >= 15 is 0 Å². The zero-order chi connectivity index (χ0) is 10.8. The van der Waals surface area contributed by atoms with Gasteiger partial charge in [0.05, 0.1) is 0 Å². The molecule has 0 bridgehead atoms. The highest BCUT2D eigenvalue weighted by atomic mass is 14.0. The van der Waals surface area contributed by atoms with Gasteiger partial charge >= 0.3 is 0 Å². The van der Waals surface area contributed by atoms with Crippen LogP contribution in [0.2, 0.25) is 0 Å². The summed E-state index contributed by atoms with van der Waals surface area (Å²) < 4.78 is 0. The molecule has 78 valence electrons. The van der Waals surface area contributed by atoms with Crippen molar-refractivity contribution in [2.75, 3.05) is 0 Å². The Morgan fingerprint density at radius 1 is 1.14 bits per heavy atom. The highest BCUT2D eigenvalue weighted by Gasteiger charge is 1.93. The van der Waals surface area contributed by atoms with Crippen LogP contribution in [0.1, 0.15) is 34.1 Å². The molecule has 0 aliphatic carbocycles. The van der Waals surface area contributed by atoms with Gasteiger partial charge < -0.3 is 0 Å². The smallest absolute Gasteiger partial charge is 0.0133 e. The molecular formula is C14H22. The van der Waals surface area contributed by atoms with Crippen LogP contribution in [0.4, 0.5) is 0 Å². The van der Waals surface area contributed by atoms with Gasteiger partial charge in [-0.2, -0.15) is 0 Å². The molecule has 0 fully saturated rings. The Hall–Kier alpha value is -1.04. The van der Waals surface area contributed by atoms with Crippen molar-refractivity contribution in [2.24, 2.45) is 5.92 Å². The highest BCUT2D eigenvalue weighted by molar-refractivity contribution is 5.21. The molecule has 0 amide bonds. The standard InChI is InChI=1S/C14H22/c1-5-8-11-14(10-7-3)12-13(4)9-6-2/h6-12,14H,5H2,1-4H3. The van der Waals surface area contributed by atoms with E-state index in [0.29, 0.717) is 5.92 Å². The molecule has 0 aromatic heterocycles. The average Bonchev–Trinajstić information content (AvgIpc) is 2.15. The summed E-state index contributed by atoms with van der Waals surface area (Å²) in [4.78, 5) is 0. The van der Waals surface area contributed by atoms with Gasteiger partial charge in [-0.3, -0.25) is 0 Å². The number of hydrogen-bond donors (Lipinski definition) is 0. The SMILES string of the molecule is CC=CC(C)=CC(C=CC)C=CCC. The van der Waals surface area contributed by atoms with E-state index in [0.717, 1.165) is 6.42 Å². The number of allylic oxidation sites excluding steroid dienone is 8.